The molecular formula is C12H13BrN2O. The third kappa shape index (κ3) is 2.44. The van der Waals surface area contributed by atoms with E-state index in [1.807, 2.05) is 38.2 Å². The summed E-state index contributed by atoms with van der Waals surface area (Å²) in [5.41, 5.74) is 2.23. The van der Waals surface area contributed by atoms with E-state index in [2.05, 4.69) is 21.0 Å². The zero-order chi connectivity index (χ0) is 11.5. The van der Waals surface area contributed by atoms with E-state index in [9.17, 15) is 0 Å². The highest BCUT2D eigenvalue weighted by molar-refractivity contribution is 9.10. The molecule has 4 heteroatoms. The number of rotatable bonds is 3. The molecule has 2 aromatic rings. The van der Waals surface area contributed by atoms with Gasteiger partial charge in [-0.15, -0.1) is 0 Å². The van der Waals surface area contributed by atoms with Gasteiger partial charge in [0.15, 0.2) is 0 Å². The molecule has 0 N–H and O–H groups in total. The van der Waals surface area contributed by atoms with Crippen LogP contribution in [0.15, 0.2) is 34.9 Å². The fraction of sp³-hybridized carbons (Fsp3) is 0.250. The van der Waals surface area contributed by atoms with Crippen molar-refractivity contribution in [3.63, 3.8) is 0 Å². The number of hydrogen-bond donors (Lipinski definition) is 0. The summed E-state index contributed by atoms with van der Waals surface area (Å²) < 4.78 is 8.48. The highest BCUT2D eigenvalue weighted by atomic mass is 79.9. The van der Waals surface area contributed by atoms with E-state index in [1.165, 1.54) is 5.56 Å². The van der Waals surface area contributed by atoms with Gasteiger partial charge < -0.3 is 4.74 Å². The van der Waals surface area contributed by atoms with Crippen LogP contribution in [0.2, 0.25) is 0 Å². The summed E-state index contributed by atoms with van der Waals surface area (Å²) in [5, 5.41) is 4.14. The molecule has 0 saturated heterocycles. The van der Waals surface area contributed by atoms with E-state index < -0.39 is 0 Å². The van der Waals surface area contributed by atoms with E-state index in [0.29, 0.717) is 6.61 Å². The largest absolute Gasteiger partial charge is 0.487 e. The molecule has 0 fully saturated rings. The van der Waals surface area contributed by atoms with Crippen molar-refractivity contribution < 1.29 is 4.74 Å². The van der Waals surface area contributed by atoms with E-state index in [0.717, 1.165) is 15.9 Å². The molecular weight excluding hydrogens is 268 g/mol. The first-order chi connectivity index (χ1) is 7.66. The van der Waals surface area contributed by atoms with Gasteiger partial charge in [-0.25, -0.2) is 0 Å². The summed E-state index contributed by atoms with van der Waals surface area (Å²) in [4.78, 5) is 0. The molecule has 0 saturated carbocycles. The molecule has 1 aromatic heterocycles. The van der Waals surface area contributed by atoms with Crippen LogP contribution in [0.25, 0.3) is 0 Å². The molecule has 3 nitrogen and oxygen atoms in total. The third-order valence-corrected chi connectivity index (χ3v) is 3.04. The van der Waals surface area contributed by atoms with Gasteiger partial charge in [0.2, 0.25) is 0 Å². The highest BCUT2D eigenvalue weighted by Gasteiger charge is 2.06. The lowest BCUT2D eigenvalue weighted by atomic mass is 10.2. The van der Waals surface area contributed by atoms with Crippen LogP contribution in [0.1, 0.15) is 11.3 Å². The van der Waals surface area contributed by atoms with E-state index in [4.69, 9.17) is 4.74 Å². The summed E-state index contributed by atoms with van der Waals surface area (Å²) in [6, 6.07) is 8.01. The average molecular weight is 281 g/mol. The van der Waals surface area contributed by atoms with E-state index in [1.54, 1.807) is 10.9 Å². The molecule has 16 heavy (non-hydrogen) atoms. The van der Waals surface area contributed by atoms with Gasteiger partial charge in [0.05, 0.1) is 16.4 Å². The molecule has 0 spiro atoms. The van der Waals surface area contributed by atoms with Gasteiger partial charge in [-0.3, -0.25) is 4.68 Å². The molecule has 0 aliphatic rings. The Hall–Kier alpha value is -1.29. The molecule has 0 aliphatic heterocycles. The molecule has 1 aromatic carbocycles. The first kappa shape index (κ1) is 11.2. The normalized spacial score (nSPS) is 10.4. The van der Waals surface area contributed by atoms with Crippen molar-refractivity contribution in [2.75, 3.05) is 0 Å². The smallest absolute Gasteiger partial charge is 0.131 e. The molecule has 0 unspecified atom stereocenters. The van der Waals surface area contributed by atoms with E-state index in [-0.39, 0.29) is 0 Å². The summed E-state index contributed by atoms with van der Waals surface area (Å²) in [6.07, 6.45) is 1.77. The molecule has 2 rings (SSSR count). The molecule has 1 heterocycles. The maximum Gasteiger partial charge on any atom is 0.131 e. The van der Waals surface area contributed by atoms with Crippen LogP contribution >= 0.6 is 15.9 Å². The lowest BCUT2D eigenvalue weighted by Crippen LogP contribution is -2.03. The van der Waals surface area contributed by atoms with Crippen molar-refractivity contribution in [1.29, 1.82) is 0 Å². The van der Waals surface area contributed by atoms with Gasteiger partial charge in [0.1, 0.15) is 12.4 Å². The Morgan fingerprint density at radius 1 is 1.44 bits per heavy atom. The number of ether oxygens (including phenoxy) is 1. The van der Waals surface area contributed by atoms with Crippen molar-refractivity contribution in [2.45, 2.75) is 13.5 Å². The number of aryl methyl sites for hydroxylation is 2. The Morgan fingerprint density at radius 3 is 2.88 bits per heavy atom. The van der Waals surface area contributed by atoms with Crippen molar-refractivity contribution in [2.24, 2.45) is 7.05 Å². The zero-order valence-electron chi connectivity index (χ0n) is 9.27. The fourth-order valence-electron chi connectivity index (χ4n) is 1.46. The van der Waals surface area contributed by atoms with Gasteiger partial charge in [-0.05, 0) is 40.5 Å². The summed E-state index contributed by atoms with van der Waals surface area (Å²) >= 11 is 3.44. The van der Waals surface area contributed by atoms with Gasteiger partial charge in [0, 0.05) is 7.05 Å². The second-order valence-corrected chi connectivity index (χ2v) is 4.52. The Labute approximate surface area is 103 Å². The Bertz CT molecular complexity index is 474. The van der Waals surface area contributed by atoms with Gasteiger partial charge in [-0.2, -0.15) is 5.10 Å². The minimum atomic E-state index is 0.514. The summed E-state index contributed by atoms with van der Waals surface area (Å²) in [5.74, 6) is 0.883. The lowest BCUT2D eigenvalue weighted by molar-refractivity contribution is 0.294. The predicted molar refractivity (Wildman–Crippen MR) is 66.4 cm³/mol. The maximum atomic E-state index is 5.70. The molecule has 0 bridgehead atoms. The molecule has 0 amide bonds. The second kappa shape index (κ2) is 4.70. The topological polar surface area (TPSA) is 27.1 Å². The van der Waals surface area contributed by atoms with Crippen molar-refractivity contribution >= 4 is 15.9 Å². The van der Waals surface area contributed by atoms with Crippen LogP contribution in [0.5, 0.6) is 5.75 Å². The fourth-order valence-corrected chi connectivity index (χ4v) is 1.92. The monoisotopic (exact) mass is 280 g/mol. The van der Waals surface area contributed by atoms with E-state index >= 15 is 0 Å². The average Bonchev–Trinajstić information content (AvgIpc) is 2.56. The second-order valence-electron chi connectivity index (χ2n) is 3.67. The molecule has 0 atom stereocenters. The van der Waals surface area contributed by atoms with Crippen LogP contribution in [0.4, 0.5) is 0 Å². The van der Waals surface area contributed by atoms with Gasteiger partial charge in [-0.1, -0.05) is 12.1 Å². The number of hydrogen-bond acceptors (Lipinski definition) is 2. The zero-order valence-corrected chi connectivity index (χ0v) is 10.9. The number of benzene rings is 1. The summed E-state index contributed by atoms with van der Waals surface area (Å²) in [6.45, 7) is 2.56. The molecule has 84 valence electrons. The third-order valence-electron chi connectivity index (χ3n) is 2.38. The summed E-state index contributed by atoms with van der Waals surface area (Å²) in [7, 11) is 1.90. The number of aromatic nitrogens is 2. The quantitative estimate of drug-likeness (QED) is 0.864. The van der Waals surface area contributed by atoms with Gasteiger partial charge >= 0.3 is 0 Å². The lowest BCUT2D eigenvalue weighted by Gasteiger charge is -2.07. The maximum absolute atomic E-state index is 5.70. The van der Waals surface area contributed by atoms with Gasteiger partial charge in [0.25, 0.3) is 0 Å². The van der Waals surface area contributed by atoms with Crippen LogP contribution in [0.3, 0.4) is 0 Å². The Balaban J connectivity index is 2.08. The first-order valence-corrected chi connectivity index (χ1v) is 5.82. The van der Waals surface area contributed by atoms with Crippen LogP contribution in [-0.4, -0.2) is 9.78 Å². The highest BCUT2D eigenvalue weighted by Crippen LogP contribution is 2.19. The van der Waals surface area contributed by atoms with Crippen LogP contribution in [-0.2, 0) is 13.7 Å². The Kier molecular flexibility index (Phi) is 3.29. The van der Waals surface area contributed by atoms with Crippen LogP contribution < -0.4 is 4.74 Å². The van der Waals surface area contributed by atoms with Crippen molar-refractivity contribution in [3.8, 4) is 5.75 Å². The standard InChI is InChI=1S/C12H13BrN2O/c1-9-4-3-5-10(6-9)16-8-12-11(13)7-14-15(12)2/h3-7H,8H2,1-2H3. The molecule has 0 aliphatic carbocycles. The predicted octanol–water partition coefficient (Wildman–Crippen LogP) is 3.07. The van der Waals surface area contributed by atoms with Crippen LogP contribution in [0, 0.1) is 6.92 Å². The van der Waals surface area contributed by atoms with Crippen molar-refractivity contribution in [1.82, 2.24) is 9.78 Å². The molecule has 0 radical (unpaired) electrons. The Morgan fingerprint density at radius 2 is 2.25 bits per heavy atom. The minimum Gasteiger partial charge on any atom is -0.487 e. The number of nitrogens with zero attached hydrogens (tertiary/aromatic N) is 2. The number of halogens is 1. The van der Waals surface area contributed by atoms with Crippen molar-refractivity contribution in [3.05, 3.63) is 46.2 Å². The minimum absolute atomic E-state index is 0.514. The SMILES string of the molecule is Cc1cccc(OCc2c(Br)cnn2C)c1. The first-order valence-electron chi connectivity index (χ1n) is 5.02.